The van der Waals surface area contributed by atoms with Crippen molar-refractivity contribution in [1.82, 2.24) is 0 Å². The molecule has 0 aliphatic carbocycles. The van der Waals surface area contributed by atoms with Gasteiger partial charge in [-0.1, -0.05) is 87.5 Å². The van der Waals surface area contributed by atoms with Crippen molar-refractivity contribution < 1.29 is 4.43 Å². The van der Waals surface area contributed by atoms with E-state index in [4.69, 9.17) is 39.2 Å². The molecule has 0 aliphatic rings. The van der Waals surface area contributed by atoms with Crippen LogP contribution in [0, 0.1) is 0 Å². The summed E-state index contributed by atoms with van der Waals surface area (Å²) in [5.41, 5.74) is 0. The molecule has 20 heavy (non-hydrogen) atoms. The summed E-state index contributed by atoms with van der Waals surface area (Å²) >= 11 is 18.2. The molecule has 120 valence electrons. The van der Waals surface area contributed by atoms with Gasteiger partial charge in [-0.15, -0.1) is 0 Å². The topological polar surface area (TPSA) is 9.23 Å². The molecule has 0 fully saturated rings. The van der Waals surface area contributed by atoms with Crippen LogP contribution in [0.4, 0.5) is 0 Å². The normalized spacial score (nSPS) is 15.8. The first-order valence-electron chi connectivity index (χ1n) is 7.33. The maximum atomic E-state index is 6.23. The van der Waals surface area contributed by atoms with Crippen LogP contribution >= 0.6 is 34.8 Å². The molecule has 5 heteroatoms. The van der Waals surface area contributed by atoms with Gasteiger partial charge in [-0.05, 0) is 31.0 Å². The lowest BCUT2D eigenvalue weighted by molar-refractivity contribution is 0.228. The number of rotatable bonds is 7. The van der Waals surface area contributed by atoms with E-state index in [1.54, 1.807) is 0 Å². The molecule has 0 unspecified atom stereocenters. The van der Waals surface area contributed by atoms with Crippen LogP contribution in [-0.2, 0) is 4.43 Å². The Morgan fingerprint density at radius 2 is 1.65 bits per heavy atom. The van der Waals surface area contributed by atoms with E-state index in [1.807, 2.05) is 6.08 Å². The predicted molar refractivity (Wildman–Crippen MR) is 95.6 cm³/mol. The molecule has 0 aliphatic heterocycles. The number of allylic oxidation sites excluding steroid dienone is 1. The van der Waals surface area contributed by atoms with Crippen molar-refractivity contribution >= 4 is 43.1 Å². The molecule has 0 bridgehead atoms. The maximum Gasteiger partial charge on any atom is 0.218 e. The van der Waals surface area contributed by atoms with Crippen molar-refractivity contribution in [1.29, 1.82) is 0 Å². The zero-order valence-corrected chi connectivity index (χ0v) is 16.9. The van der Waals surface area contributed by atoms with Gasteiger partial charge in [0.2, 0.25) is 3.79 Å². The maximum absolute atomic E-state index is 6.23. The largest absolute Gasteiger partial charge is 0.406 e. The minimum atomic E-state index is -1.96. The molecule has 0 aromatic carbocycles. The van der Waals surface area contributed by atoms with E-state index >= 15 is 0 Å². The summed E-state index contributed by atoms with van der Waals surface area (Å²) in [4.78, 5) is 0. The van der Waals surface area contributed by atoms with Crippen LogP contribution in [0.15, 0.2) is 12.2 Å². The Kier molecular flexibility index (Phi) is 8.76. The van der Waals surface area contributed by atoms with Gasteiger partial charge in [0.05, 0.1) is 0 Å². The van der Waals surface area contributed by atoms with Crippen LogP contribution < -0.4 is 0 Å². The minimum Gasteiger partial charge on any atom is -0.406 e. The van der Waals surface area contributed by atoms with E-state index in [0.29, 0.717) is 0 Å². The second-order valence-corrected chi connectivity index (χ2v) is 13.9. The summed E-state index contributed by atoms with van der Waals surface area (Å²) in [5, 5.41) is 0.0945. The summed E-state index contributed by atoms with van der Waals surface area (Å²) in [6, 6.07) is 0. The number of halogens is 3. The summed E-state index contributed by atoms with van der Waals surface area (Å²) in [7, 11) is -1.96. The van der Waals surface area contributed by atoms with Gasteiger partial charge in [0.1, 0.15) is 6.10 Å². The van der Waals surface area contributed by atoms with E-state index in [-0.39, 0.29) is 5.04 Å². The van der Waals surface area contributed by atoms with Gasteiger partial charge < -0.3 is 4.43 Å². The Bertz CT molecular complexity index is 303. The first kappa shape index (κ1) is 20.8. The molecule has 1 nitrogen and oxygen atoms in total. The van der Waals surface area contributed by atoms with Crippen LogP contribution in [-0.4, -0.2) is 18.2 Å². The van der Waals surface area contributed by atoms with Crippen LogP contribution in [0.2, 0.25) is 18.1 Å². The molecule has 0 rings (SSSR count). The molecule has 1 atom stereocenters. The number of hydrogen-bond acceptors (Lipinski definition) is 1. The highest BCUT2D eigenvalue weighted by Gasteiger charge is 2.43. The van der Waals surface area contributed by atoms with Crippen molar-refractivity contribution in [2.75, 3.05) is 0 Å². The third-order valence-corrected chi connectivity index (χ3v) is 8.94. The summed E-state index contributed by atoms with van der Waals surface area (Å²) in [5.74, 6) is 0. The van der Waals surface area contributed by atoms with Crippen molar-refractivity contribution in [2.45, 2.75) is 81.4 Å². The Morgan fingerprint density at radius 1 is 1.10 bits per heavy atom. The zero-order chi connectivity index (χ0) is 16.0. The number of unbranched alkanes of at least 4 members (excludes halogenated alkanes) is 3. The first-order valence-corrected chi connectivity index (χ1v) is 11.4. The SMILES string of the molecule is CCCCC/C=C/[C@H](O[Si](C)(C)C(C)(C)C)C(Cl)(Cl)Cl. The first-order chi connectivity index (χ1) is 8.92. The van der Waals surface area contributed by atoms with Gasteiger partial charge in [-0.3, -0.25) is 0 Å². The average Bonchev–Trinajstić information content (AvgIpc) is 2.24. The van der Waals surface area contributed by atoms with Crippen molar-refractivity contribution in [3.8, 4) is 0 Å². The van der Waals surface area contributed by atoms with Crippen molar-refractivity contribution in [3.63, 3.8) is 0 Å². The lowest BCUT2D eigenvalue weighted by atomic mass is 10.2. The van der Waals surface area contributed by atoms with Crippen LogP contribution in [0.3, 0.4) is 0 Å². The molecule has 0 aromatic heterocycles. The molecular weight excluding hydrogens is 331 g/mol. The van der Waals surface area contributed by atoms with Gasteiger partial charge in [-0.25, -0.2) is 0 Å². The molecule has 0 amide bonds. The van der Waals surface area contributed by atoms with Gasteiger partial charge in [0.15, 0.2) is 8.32 Å². The third kappa shape index (κ3) is 7.70. The van der Waals surface area contributed by atoms with E-state index in [2.05, 4.69) is 46.9 Å². The highest BCUT2D eigenvalue weighted by atomic mass is 35.6. The van der Waals surface area contributed by atoms with Crippen LogP contribution in [0.1, 0.15) is 53.4 Å². The van der Waals surface area contributed by atoms with E-state index in [0.717, 1.165) is 6.42 Å². The molecule has 0 saturated heterocycles. The summed E-state index contributed by atoms with van der Waals surface area (Å²) in [6.45, 7) is 13.1. The highest BCUT2D eigenvalue weighted by molar-refractivity contribution is 6.74. The Balaban J connectivity index is 4.76. The minimum absolute atomic E-state index is 0.0945. The highest BCUT2D eigenvalue weighted by Crippen LogP contribution is 2.41. The predicted octanol–water partition coefficient (Wildman–Crippen LogP) is 6.88. The molecule has 0 radical (unpaired) electrons. The average molecular weight is 360 g/mol. The molecular formula is C15H29Cl3OSi. The number of alkyl halides is 3. The molecule has 0 saturated carbocycles. The van der Waals surface area contributed by atoms with E-state index in [1.165, 1.54) is 19.3 Å². The van der Waals surface area contributed by atoms with Gasteiger partial charge in [-0.2, -0.15) is 0 Å². The van der Waals surface area contributed by atoms with E-state index < -0.39 is 18.2 Å². The Hall–Kier alpha value is 0.787. The van der Waals surface area contributed by atoms with Gasteiger partial charge >= 0.3 is 0 Å². The fourth-order valence-corrected chi connectivity index (χ4v) is 3.26. The lowest BCUT2D eigenvalue weighted by Gasteiger charge is -2.40. The fourth-order valence-electron chi connectivity index (χ4n) is 1.44. The number of hydrogen-bond donors (Lipinski definition) is 0. The van der Waals surface area contributed by atoms with Crippen LogP contribution in [0.25, 0.3) is 0 Å². The zero-order valence-electron chi connectivity index (χ0n) is 13.6. The lowest BCUT2D eigenvalue weighted by Crippen LogP contribution is -2.46. The standard InChI is InChI=1S/C15H29Cl3OSi/c1-7-8-9-10-11-12-13(15(16,17)18)19-20(5,6)14(2,3)4/h11-13H,7-10H2,1-6H3/b12-11+/t13-/m0/s1. The molecule has 0 spiro atoms. The molecule has 0 heterocycles. The Morgan fingerprint density at radius 3 is 2.05 bits per heavy atom. The van der Waals surface area contributed by atoms with Crippen LogP contribution in [0.5, 0.6) is 0 Å². The smallest absolute Gasteiger partial charge is 0.218 e. The van der Waals surface area contributed by atoms with Gasteiger partial charge in [0.25, 0.3) is 0 Å². The fraction of sp³-hybridized carbons (Fsp3) is 0.867. The monoisotopic (exact) mass is 358 g/mol. The molecule has 0 N–H and O–H groups in total. The van der Waals surface area contributed by atoms with E-state index in [9.17, 15) is 0 Å². The quantitative estimate of drug-likeness (QED) is 0.208. The summed E-state index contributed by atoms with van der Waals surface area (Å²) in [6.07, 6.45) is 8.13. The summed E-state index contributed by atoms with van der Waals surface area (Å²) < 4.78 is 4.81. The van der Waals surface area contributed by atoms with Gasteiger partial charge in [0, 0.05) is 0 Å². The third-order valence-electron chi connectivity index (χ3n) is 3.84. The Labute approximate surface area is 141 Å². The van der Waals surface area contributed by atoms with Crippen molar-refractivity contribution in [2.24, 2.45) is 0 Å². The second-order valence-electron chi connectivity index (χ2n) is 6.76. The molecule has 0 aromatic rings. The van der Waals surface area contributed by atoms with Crippen molar-refractivity contribution in [3.05, 3.63) is 12.2 Å². The second kappa shape index (κ2) is 8.43.